The van der Waals surface area contributed by atoms with Crippen LogP contribution in [0.2, 0.25) is 0 Å². The van der Waals surface area contributed by atoms with Gasteiger partial charge in [-0.2, -0.15) is 10.2 Å². The van der Waals surface area contributed by atoms with E-state index >= 15 is 0 Å². The standard InChI is InChI=1S/C21H35N7O2S2.Cu/c1-7-22-18(31)26-24-11-16(25-27-19(32)23-8-2)17-10-9-15(30-17)12-28-20(3,4)13-29-14-21(28,5)6;/h9-11H,7-8,12-14H2,1-6H3,(H2,22,26,31)(H2,23,27,32);/q;+2/p-2/b24-11+,25-16-;. The van der Waals surface area contributed by atoms with Crippen molar-refractivity contribution in [3.05, 3.63) is 23.7 Å². The second-order valence-corrected chi connectivity index (χ2v) is 9.28. The van der Waals surface area contributed by atoms with E-state index in [1.165, 1.54) is 6.21 Å². The number of nitrogens with one attached hydrogen (secondary N) is 2. The van der Waals surface area contributed by atoms with Crippen LogP contribution in [0.1, 0.15) is 53.1 Å². The van der Waals surface area contributed by atoms with Gasteiger partial charge in [0.2, 0.25) is 0 Å². The number of furan rings is 1. The van der Waals surface area contributed by atoms with Crippen LogP contribution in [0, 0.1) is 0 Å². The minimum atomic E-state index is -0.120. The largest absolute Gasteiger partial charge is 2.00 e. The molecule has 9 nitrogen and oxygen atoms in total. The average Bonchev–Trinajstić information content (AvgIpc) is 3.16. The van der Waals surface area contributed by atoms with Gasteiger partial charge in [-0.1, -0.05) is 0 Å². The van der Waals surface area contributed by atoms with Crippen LogP contribution < -0.4 is 10.9 Å². The monoisotopic (exact) mass is 542 g/mol. The topological polar surface area (TPSA) is 99.1 Å². The minimum absolute atomic E-state index is 0. The summed E-state index contributed by atoms with van der Waals surface area (Å²) in [6.07, 6.45) is 1.50. The normalized spacial score (nSPS) is 19.4. The first kappa shape index (κ1) is 29.5. The van der Waals surface area contributed by atoms with Gasteiger partial charge in [0.25, 0.3) is 0 Å². The number of aliphatic imine (C=N–C) groups is 2. The maximum absolute atomic E-state index is 6.13. The summed E-state index contributed by atoms with van der Waals surface area (Å²) in [5.41, 5.74) is 5.65. The molecular weight excluding hydrogens is 510 g/mol. The van der Waals surface area contributed by atoms with Crippen LogP contribution in [0.25, 0.3) is 0 Å². The third-order valence-corrected chi connectivity index (χ3v) is 5.26. The van der Waals surface area contributed by atoms with Gasteiger partial charge in [-0.3, -0.25) is 25.7 Å². The zero-order valence-corrected chi connectivity index (χ0v) is 22.5. The molecule has 0 unspecified atom stereocenters. The summed E-state index contributed by atoms with van der Waals surface area (Å²) >= 11 is 10.2. The molecule has 1 aliphatic heterocycles. The maximum Gasteiger partial charge on any atom is 2.00 e. The van der Waals surface area contributed by atoms with Gasteiger partial charge in [-0.25, -0.2) is 0 Å². The molecule has 187 valence electrons. The van der Waals surface area contributed by atoms with Crippen LogP contribution in [-0.4, -0.2) is 64.5 Å². The Hall–Kier alpha value is -1.56. The molecule has 1 aromatic heterocycles. The average molecular weight is 543 g/mol. The van der Waals surface area contributed by atoms with Gasteiger partial charge in [0.1, 0.15) is 11.5 Å². The Morgan fingerprint density at radius 1 is 1.03 bits per heavy atom. The first-order chi connectivity index (χ1) is 15.1. The van der Waals surface area contributed by atoms with Crippen LogP contribution in [0.4, 0.5) is 0 Å². The van der Waals surface area contributed by atoms with Crippen molar-refractivity contribution in [1.82, 2.24) is 15.8 Å². The predicted molar refractivity (Wildman–Crippen MR) is 135 cm³/mol. The van der Waals surface area contributed by atoms with Gasteiger partial charge in [0.15, 0.2) is 5.76 Å². The molecule has 0 bridgehead atoms. The number of hydrogen-bond donors (Lipinski definition) is 2. The molecule has 0 aliphatic carbocycles. The first-order valence-electron chi connectivity index (χ1n) is 10.6. The summed E-state index contributed by atoms with van der Waals surface area (Å²) in [6.45, 7) is 15.6. The van der Waals surface area contributed by atoms with E-state index in [2.05, 4.69) is 63.6 Å². The quantitative estimate of drug-likeness (QED) is 0.171. The van der Waals surface area contributed by atoms with E-state index in [4.69, 9.17) is 34.4 Å². The van der Waals surface area contributed by atoms with Crippen molar-refractivity contribution in [2.24, 2.45) is 20.2 Å². The summed E-state index contributed by atoms with van der Waals surface area (Å²) < 4.78 is 11.9. The Labute approximate surface area is 218 Å². The fraction of sp³-hybridized carbons (Fsp3) is 0.619. The molecule has 1 radical (unpaired) electrons. The third-order valence-electron chi connectivity index (χ3n) is 4.82. The summed E-state index contributed by atoms with van der Waals surface area (Å²) in [6, 6.07) is 3.80. The molecular formula is C21H33CuN7O2S2. The zero-order valence-electron chi connectivity index (χ0n) is 19.9. The van der Waals surface area contributed by atoms with Crippen molar-refractivity contribution in [2.45, 2.75) is 59.2 Å². The molecule has 0 aromatic carbocycles. The van der Waals surface area contributed by atoms with Crippen molar-refractivity contribution >= 4 is 47.5 Å². The molecule has 1 fully saturated rings. The Kier molecular flexibility index (Phi) is 11.9. The van der Waals surface area contributed by atoms with E-state index < -0.39 is 0 Å². The van der Waals surface area contributed by atoms with Crippen molar-refractivity contribution in [1.29, 1.82) is 0 Å². The molecule has 0 amide bonds. The fourth-order valence-electron chi connectivity index (χ4n) is 3.47. The van der Waals surface area contributed by atoms with E-state index in [0.29, 0.717) is 49.5 Å². The Bertz CT molecular complexity index is 866. The van der Waals surface area contributed by atoms with Gasteiger partial charge in [-0.15, -0.1) is 0 Å². The number of ether oxygens (including phenoxy) is 1. The number of rotatable bonds is 8. The number of morpholine rings is 1. The molecule has 12 heteroatoms. The third kappa shape index (κ3) is 8.95. The molecule has 2 rings (SSSR count). The van der Waals surface area contributed by atoms with Crippen LogP contribution in [-0.2, 0) is 53.6 Å². The summed E-state index contributed by atoms with van der Waals surface area (Å²) in [5, 5.41) is 9.01. The number of amidine groups is 2. The number of hydrogen-bond acceptors (Lipinski definition) is 9. The SMILES string of the molecule is CCN=C([S-])N/N=C(/C=N/NC([S-])=NCC)c1ccc(CN2C(C)(C)COCC2(C)C)o1.[Cu+2]. The van der Waals surface area contributed by atoms with E-state index in [9.17, 15) is 0 Å². The van der Waals surface area contributed by atoms with E-state index in [-0.39, 0.29) is 33.3 Å². The van der Waals surface area contributed by atoms with Crippen molar-refractivity contribution in [3.63, 3.8) is 0 Å². The molecule has 0 saturated carbocycles. The van der Waals surface area contributed by atoms with E-state index in [1.54, 1.807) is 0 Å². The summed E-state index contributed by atoms with van der Waals surface area (Å²) in [7, 11) is 0. The molecule has 1 aliphatic rings. The summed E-state index contributed by atoms with van der Waals surface area (Å²) in [4.78, 5) is 10.6. The molecule has 0 spiro atoms. The molecule has 33 heavy (non-hydrogen) atoms. The fourth-order valence-corrected chi connectivity index (χ4v) is 3.83. The predicted octanol–water partition coefficient (Wildman–Crippen LogP) is 2.38. The minimum Gasteiger partial charge on any atom is -0.741 e. The van der Waals surface area contributed by atoms with Crippen LogP contribution in [0.15, 0.2) is 36.7 Å². The van der Waals surface area contributed by atoms with Gasteiger partial charge >= 0.3 is 17.1 Å². The van der Waals surface area contributed by atoms with Gasteiger partial charge in [0, 0.05) is 24.2 Å². The molecule has 2 heterocycles. The smallest absolute Gasteiger partial charge is 0.741 e. The van der Waals surface area contributed by atoms with Crippen LogP contribution in [0.3, 0.4) is 0 Å². The van der Waals surface area contributed by atoms with E-state index in [0.717, 1.165) is 5.76 Å². The zero-order chi connectivity index (χ0) is 23.8. The van der Waals surface area contributed by atoms with Crippen LogP contribution in [0.5, 0.6) is 0 Å². The first-order valence-corrected chi connectivity index (χ1v) is 11.4. The van der Waals surface area contributed by atoms with Gasteiger partial charge < -0.3 is 34.4 Å². The van der Waals surface area contributed by atoms with Gasteiger partial charge in [-0.05, 0) is 64.0 Å². The molecule has 2 N–H and O–H groups in total. The second-order valence-electron chi connectivity index (χ2n) is 8.51. The molecule has 1 saturated heterocycles. The summed E-state index contributed by atoms with van der Waals surface area (Å²) in [5.74, 6) is 1.36. The van der Waals surface area contributed by atoms with Crippen LogP contribution >= 0.6 is 0 Å². The molecule has 0 atom stereocenters. The van der Waals surface area contributed by atoms with Crippen molar-refractivity contribution in [3.8, 4) is 0 Å². The molecule has 1 aromatic rings. The second kappa shape index (κ2) is 13.4. The number of nitrogens with zero attached hydrogens (tertiary/aromatic N) is 5. The Morgan fingerprint density at radius 3 is 2.18 bits per heavy atom. The Morgan fingerprint density at radius 2 is 1.61 bits per heavy atom. The maximum atomic E-state index is 6.13. The van der Waals surface area contributed by atoms with E-state index in [1.807, 2.05) is 26.0 Å². The van der Waals surface area contributed by atoms with Crippen molar-refractivity contribution in [2.75, 3.05) is 26.3 Å². The van der Waals surface area contributed by atoms with Crippen molar-refractivity contribution < 1.29 is 26.2 Å². The van der Waals surface area contributed by atoms with Gasteiger partial charge in [0.05, 0.1) is 26.0 Å². The number of hydrazone groups is 2. The Balaban J connectivity index is 0.00000544.